The number of pyridine rings is 1. The molecule has 0 aromatic carbocycles. The minimum atomic E-state index is -0.145. The lowest BCUT2D eigenvalue weighted by atomic mass is 9.89. The van der Waals surface area contributed by atoms with Crippen molar-refractivity contribution in [3.8, 4) is 0 Å². The van der Waals surface area contributed by atoms with Gasteiger partial charge in [0.2, 0.25) is 0 Å². The summed E-state index contributed by atoms with van der Waals surface area (Å²) in [5.74, 6) is 1.02. The minimum absolute atomic E-state index is 0.145. The average molecular weight is 205 g/mol. The number of nitrogens with two attached hydrogens (primary N) is 1. The molecule has 1 aromatic heterocycles. The molecule has 2 rings (SSSR count). The average Bonchev–Trinajstić information content (AvgIpc) is 2.66. The summed E-state index contributed by atoms with van der Waals surface area (Å²) in [4.78, 5) is 6.46. The van der Waals surface area contributed by atoms with E-state index < -0.39 is 0 Å². The molecule has 0 spiro atoms. The van der Waals surface area contributed by atoms with Crippen molar-refractivity contribution in [3.63, 3.8) is 0 Å². The highest BCUT2D eigenvalue weighted by Crippen LogP contribution is 2.39. The van der Waals surface area contributed by atoms with Gasteiger partial charge < -0.3 is 10.6 Å². The molecule has 1 aliphatic carbocycles. The summed E-state index contributed by atoms with van der Waals surface area (Å²) in [6, 6.07) is 4.10. The van der Waals surface area contributed by atoms with E-state index in [1.165, 1.54) is 18.4 Å². The summed E-state index contributed by atoms with van der Waals surface area (Å²) in [5.41, 5.74) is 7.51. The van der Waals surface area contributed by atoms with E-state index in [9.17, 15) is 0 Å². The fraction of sp³-hybridized carbons (Fsp3) is 0.583. The van der Waals surface area contributed by atoms with Crippen LogP contribution in [0.15, 0.2) is 18.3 Å². The number of anilines is 1. The molecular weight excluding hydrogens is 186 g/mol. The van der Waals surface area contributed by atoms with Gasteiger partial charge in [0, 0.05) is 31.4 Å². The quantitative estimate of drug-likeness (QED) is 0.801. The van der Waals surface area contributed by atoms with E-state index in [4.69, 9.17) is 5.73 Å². The standard InChI is InChI=1S/C12H19N3/c1-15(2)11-10(6-5-9-14-11)12(13)7-3-4-8-12/h5-6,9H,3-4,7-8,13H2,1-2H3. The summed E-state index contributed by atoms with van der Waals surface area (Å²) in [5, 5.41) is 0. The zero-order chi connectivity index (χ0) is 10.9. The first kappa shape index (κ1) is 10.4. The number of nitrogens with zero attached hydrogens (tertiary/aromatic N) is 2. The smallest absolute Gasteiger partial charge is 0.133 e. The molecule has 2 N–H and O–H groups in total. The van der Waals surface area contributed by atoms with Crippen molar-refractivity contribution in [2.45, 2.75) is 31.2 Å². The molecule has 1 aromatic rings. The molecule has 1 aliphatic rings. The van der Waals surface area contributed by atoms with Gasteiger partial charge in [-0.05, 0) is 18.9 Å². The SMILES string of the molecule is CN(C)c1ncccc1C1(N)CCCC1. The van der Waals surface area contributed by atoms with Crippen LogP contribution in [0.4, 0.5) is 5.82 Å². The van der Waals surface area contributed by atoms with Gasteiger partial charge in [-0.25, -0.2) is 4.98 Å². The highest BCUT2D eigenvalue weighted by molar-refractivity contribution is 5.49. The Hall–Kier alpha value is -1.09. The van der Waals surface area contributed by atoms with Crippen LogP contribution < -0.4 is 10.6 Å². The van der Waals surface area contributed by atoms with Crippen LogP contribution in [0.1, 0.15) is 31.2 Å². The molecule has 0 bridgehead atoms. The second-order valence-electron chi connectivity index (χ2n) is 4.63. The molecule has 1 fully saturated rings. The zero-order valence-electron chi connectivity index (χ0n) is 9.53. The normalized spacial score (nSPS) is 19.1. The van der Waals surface area contributed by atoms with E-state index in [-0.39, 0.29) is 5.54 Å². The lowest BCUT2D eigenvalue weighted by Gasteiger charge is -2.28. The predicted molar refractivity (Wildman–Crippen MR) is 62.9 cm³/mol. The van der Waals surface area contributed by atoms with Gasteiger partial charge in [0.15, 0.2) is 0 Å². The van der Waals surface area contributed by atoms with Crippen molar-refractivity contribution in [2.24, 2.45) is 5.73 Å². The molecule has 0 amide bonds. The van der Waals surface area contributed by atoms with E-state index in [2.05, 4.69) is 11.1 Å². The van der Waals surface area contributed by atoms with Crippen LogP contribution in [0.25, 0.3) is 0 Å². The fourth-order valence-electron chi connectivity index (χ4n) is 2.42. The Morgan fingerprint density at radius 3 is 2.60 bits per heavy atom. The Bertz CT molecular complexity index is 340. The molecule has 3 heteroatoms. The van der Waals surface area contributed by atoms with Gasteiger partial charge in [-0.1, -0.05) is 18.9 Å². The molecule has 1 heterocycles. The first-order chi connectivity index (χ1) is 7.13. The van der Waals surface area contributed by atoms with Gasteiger partial charge in [-0.2, -0.15) is 0 Å². The van der Waals surface area contributed by atoms with Crippen molar-refractivity contribution >= 4 is 5.82 Å². The summed E-state index contributed by atoms with van der Waals surface area (Å²) in [6.07, 6.45) is 6.47. The van der Waals surface area contributed by atoms with Gasteiger partial charge in [0.1, 0.15) is 5.82 Å². The summed E-state index contributed by atoms with van der Waals surface area (Å²) in [6.45, 7) is 0. The van der Waals surface area contributed by atoms with E-state index in [0.29, 0.717) is 0 Å². The van der Waals surface area contributed by atoms with E-state index in [1.54, 1.807) is 0 Å². The van der Waals surface area contributed by atoms with Crippen LogP contribution >= 0.6 is 0 Å². The first-order valence-corrected chi connectivity index (χ1v) is 5.55. The third kappa shape index (κ3) is 1.84. The monoisotopic (exact) mass is 205 g/mol. The lowest BCUT2D eigenvalue weighted by Crippen LogP contribution is -2.35. The largest absolute Gasteiger partial charge is 0.362 e. The Balaban J connectivity index is 2.42. The van der Waals surface area contributed by atoms with E-state index in [1.807, 2.05) is 31.3 Å². The Kier molecular flexibility index (Phi) is 2.65. The van der Waals surface area contributed by atoms with Crippen LogP contribution in [-0.2, 0) is 5.54 Å². The molecular formula is C12H19N3. The van der Waals surface area contributed by atoms with Gasteiger partial charge in [0.25, 0.3) is 0 Å². The van der Waals surface area contributed by atoms with Crippen LogP contribution in [0.5, 0.6) is 0 Å². The Labute approximate surface area is 91.3 Å². The second kappa shape index (κ2) is 3.81. The molecule has 0 radical (unpaired) electrons. The Morgan fingerprint density at radius 1 is 1.33 bits per heavy atom. The number of rotatable bonds is 2. The highest BCUT2D eigenvalue weighted by Gasteiger charge is 2.33. The van der Waals surface area contributed by atoms with Crippen molar-refractivity contribution in [3.05, 3.63) is 23.9 Å². The summed E-state index contributed by atoms with van der Waals surface area (Å²) < 4.78 is 0. The van der Waals surface area contributed by atoms with Crippen molar-refractivity contribution in [2.75, 3.05) is 19.0 Å². The minimum Gasteiger partial charge on any atom is -0.362 e. The van der Waals surface area contributed by atoms with Gasteiger partial charge in [-0.3, -0.25) is 0 Å². The van der Waals surface area contributed by atoms with Gasteiger partial charge in [0.05, 0.1) is 0 Å². The van der Waals surface area contributed by atoms with E-state index in [0.717, 1.165) is 18.7 Å². The maximum Gasteiger partial charge on any atom is 0.133 e. The molecule has 3 nitrogen and oxygen atoms in total. The number of aromatic nitrogens is 1. The predicted octanol–water partition coefficient (Wildman–Crippen LogP) is 1.88. The number of hydrogen-bond donors (Lipinski definition) is 1. The zero-order valence-corrected chi connectivity index (χ0v) is 9.53. The topological polar surface area (TPSA) is 42.2 Å². The summed E-state index contributed by atoms with van der Waals surface area (Å²) >= 11 is 0. The second-order valence-corrected chi connectivity index (χ2v) is 4.63. The van der Waals surface area contributed by atoms with E-state index >= 15 is 0 Å². The third-order valence-electron chi connectivity index (χ3n) is 3.24. The fourth-order valence-corrected chi connectivity index (χ4v) is 2.42. The molecule has 0 unspecified atom stereocenters. The Morgan fingerprint density at radius 2 is 2.00 bits per heavy atom. The highest BCUT2D eigenvalue weighted by atomic mass is 15.1. The van der Waals surface area contributed by atoms with Crippen molar-refractivity contribution in [1.82, 2.24) is 4.98 Å². The third-order valence-corrected chi connectivity index (χ3v) is 3.24. The van der Waals surface area contributed by atoms with Crippen LogP contribution in [0.2, 0.25) is 0 Å². The molecule has 0 atom stereocenters. The van der Waals surface area contributed by atoms with Crippen molar-refractivity contribution < 1.29 is 0 Å². The lowest BCUT2D eigenvalue weighted by molar-refractivity contribution is 0.460. The first-order valence-electron chi connectivity index (χ1n) is 5.55. The van der Waals surface area contributed by atoms with Gasteiger partial charge in [-0.15, -0.1) is 0 Å². The molecule has 82 valence electrons. The van der Waals surface area contributed by atoms with Crippen LogP contribution in [0.3, 0.4) is 0 Å². The summed E-state index contributed by atoms with van der Waals surface area (Å²) in [7, 11) is 4.04. The number of hydrogen-bond acceptors (Lipinski definition) is 3. The molecule has 0 saturated heterocycles. The molecule has 0 aliphatic heterocycles. The molecule has 15 heavy (non-hydrogen) atoms. The van der Waals surface area contributed by atoms with Gasteiger partial charge >= 0.3 is 0 Å². The van der Waals surface area contributed by atoms with Crippen molar-refractivity contribution in [1.29, 1.82) is 0 Å². The molecule has 1 saturated carbocycles. The van der Waals surface area contributed by atoms with Crippen LogP contribution in [-0.4, -0.2) is 19.1 Å². The maximum absolute atomic E-state index is 6.45. The van der Waals surface area contributed by atoms with Crippen LogP contribution in [0, 0.1) is 0 Å². The maximum atomic E-state index is 6.45.